The quantitative estimate of drug-likeness (QED) is 0.529. The number of rotatable bonds is 0. The molecular weight excluding hydrogens is 140 g/mol. The highest BCUT2D eigenvalue weighted by molar-refractivity contribution is 7.90. The molecule has 0 N–H and O–H groups in total. The summed E-state index contributed by atoms with van der Waals surface area (Å²) in [4.78, 5) is 1.01. The van der Waals surface area contributed by atoms with Gasteiger partial charge < -0.3 is 0 Å². The molecule has 0 heterocycles. The molecule has 0 fully saturated rings. The van der Waals surface area contributed by atoms with Crippen LogP contribution in [0.5, 0.6) is 0 Å². The van der Waals surface area contributed by atoms with E-state index in [-0.39, 0.29) is 0 Å². The van der Waals surface area contributed by atoms with Crippen LogP contribution >= 0.6 is 12.6 Å². The monoisotopic (exact) mass is 147 g/mol. The highest BCUT2D eigenvalue weighted by Gasteiger charge is 2.09. The smallest absolute Gasteiger partial charge is 0.0415 e. The standard InChI is InChI=1S/C9H7S/c10-9-6-5-7-3-1-2-4-8(7)9/h1-4,6H,5H2. The Labute approximate surface area is 66.0 Å². The second kappa shape index (κ2) is 2.10. The minimum absolute atomic E-state index is 1.01. The Morgan fingerprint density at radius 2 is 2.00 bits per heavy atom. The molecule has 1 aliphatic carbocycles. The van der Waals surface area contributed by atoms with Crippen LogP contribution < -0.4 is 0 Å². The number of benzene rings is 1. The van der Waals surface area contributed by atoms with Gasteiger partial charge in [-0.05, 0) is 17.5 Å². The first-order valence-corrected chi connectivity index (χ1v) is 3.74. The lowest BCUT2D eigenvalue weighted by Crippen LogP contribution is -1.78. The summed E-state index contributed by atoms with van der Waals surface area (Å²) in [5.74, 6) is 0. The Hall–Kier alpha value is -0.820. The fourth-order valence-electron chi connectivity index (χ4n) is 1.25. The highest BCUT2D eigenvalue weighted by Crippen LogP contribution is 2.28. The van der Waals surface area contributed by atoms with E-state index < -0.39 is 0 Å². The van der Waals surface area contributed by atoms with Gasteiger partial charge in [0.05, 0.1) is 0 Å². The van der Waals surface area contributed by atoms with Gasteiger partial charge in [-0.3, -0.25) is 0 Å². The summed E-state index contributed by atoms with van der Waals surface area (Å²) in [5.41, 5.74) is 2.62. The topological polar surface area (TPSA) is 0 Å². The largest absolute Gasteiger partial charge is 0.0798 e. The van der Waals surface area contributed by atoms with Crippen molar-refractivity contribution in [1.29, 1.82) is 0 Å². The van der Waals surface area contributed by atoms with Crippen LogP contribution in [-0.4, -0.2) is 0 Å². The first-order chi connectivity index (χ1) is 4.88. The minimum atomic E-state index is 1.01. The van der Waals surface area contributed by atoms with E-state index in [0.29, 0.717) is 0 Å². The van der Waals surface area contributed by atoms with Crippen molar-refractivity contribution in [2.24, 2.45) is 0 Å². The van der Waals surface area contributed by atoms with Crippen molar-refractivity contribution in [3.8, 4) is 0 Å². The van der Waals surface area contributed by atoms with E-state index in [4.69, 9.17) is 12.6 Å². The predicted octanol–water partition coefficient (Wildman–Crippen LogP) is 2.78. The Morgan fingerprint density at radius 1 is 1.20 bits per heavy atom. The van der Waals surface area contributed by atoms with Gasteiger partial charge in [-0.25, -0.2) is 0 Å². The summed E-state index contributed by atoms with van der Waals surface area (Å²) in [6.07, 6.45) is 3.12. The fraction of sp³-hybridized carbons (Fsp3) is 0.111. The maximum absolute atomic E-state index is 5.12. The van der Waals surface area contributed by atoms with Crippen LogP contribution in [0.3, 0.4) is 0 Å². The third-order valence-electron chi connectivity index (χ3n) is 1.79. The molecule has 0 spiro atoms. The number of hydrogen-bond donors (Lipinski definition) is 0. The zero-order valence-corrected chi connectivity index (χ0v) is 6.32. The molecule has 0 unspecified atom stereocenters. The van der Waals surface area contributed by atoms with Crippen LogP contribution in [0, 0.1) is 0 Å². The molecule has 1 heteroatoms. The molecular formula is C9H7S. The van der Waals surface area contributed by atoms with Crippen molar-refractivity contribution in [3.05, 3.63) is 41.5 Å². The summed E-state index contributed by atoms with van der Waals surface area (Å²) in [7, 11) is 0. The third kappa shape index (κ3) is 0.745. The van der Waals surface area contributed by atoms with Crippen molar-refractivity contribution in [3.63, 3.8) is 0 Å². The Balaban J connectivity index is 2.61. The molecule has 0 amide bonds. The Bertz CT molecular complexity index is 287. The summed E-state index contributed by atoms with van der Waals surface area (Å²) in [6.45, 7) is 0. The molecule has 1 radical (unpaired) electrons. The van der Waals surface area contributed by atoms with Crippen LogP contribution in [0.15, 0.2) is 30.3 Å². The van der Waals surface area contributed by atoms with Gasteiger partial charge in [0.25, 0.3) is 0 Å². The zero-order valence-electron chi connectivity index (χ0n) is 5.50. The van der Waals surface area contributed by atoms with Gasteiger partial charge in [0.1, 0.15) is 0 Å². The average Bonchev–Trinajstić information content (AvgIpc) is 2.34. The van der Waals surface area contributed by atoms with Gasteiger partial charge in [0.2, 0.25) is 0 Å². The molecule has 1 aromatic carbocycles. The summed E-state index contributed by atoms with van der Waals surface area (Å²) >= 11 is 5.12. The van der Waals surface area contributed by atoms with Crippen LogP contribution in [0.25, 0.3) is 4.91 Å². The van der Waals surface area contributed by atoms with E-state index in [2.05, 4.69) is 24.3 Å². The Kier molecular flexibility index (Phi) is 1.24. The molecule has 0 aromatic heterocycles. The summed E-state index contributed by atoms with van der Waals surface area (Å²) in [5, 5.41) is 0. The second-order valence-electron chi connectivity index (χ2n) is 2.43. The molecule has 1 aromatic rings. The van der Waals surface area contributed by atoms with E-state index >= 15 is 0 Å². The van der Waals surface area contributed by atoms with Gasteiger partial charge in [-0.2, -0.15) is 0 Å². The molecule has 0 bridgehead atoms. The van der Waals surface area contributed by atoms with Crippen LogP contribution in [0.1, 0.15) is 11.1 Å². The number of allylic oxidation sites excluding steroid dienone is 1. The van der Waals surface area contributed by atoms with Gasteiger partial charge in [-0.15, -0.1) is 0 Å². The molecule has 0 saturated heterocycles. The van der Waals surface area contributed by atoms with Gasteiger partial charge in [0, 0.05) is 4.91 Å². The van der Waals surface area contributed by atoms with E-state index in [1.807, 2.05) is 6.07 Å². The SMILES string of the molecule is [S]C1=CCc2ccccc21. The van der Waals surface area contributed by atoms with Crippen molar-refractivity contribution in [2.45, 2.75) is 6.42 Å². The zero-order chi connectivity index (χ0) is 6.97. The van der Waals surface area contributed by atoms with Crippen molar-refractivity contribution >= 4 is 17.5 Å². The second-order valence-corrected chi connectivity index (χ2v) is 2.87. The minimum Gasteiger partial charge on any atom is -0.0798 e. The molecule has 2 rings (SSSR count). The van der Waals surface area contributed by atoms with Gasteiger partial charge in [0.15, 0.2) is 0 Å². The van der Waals surface area contributed by atoms with E-state index in [9.17, 15) is 0 Å². The van der Waals surface area contributed by atoms with E-state index in [1.165, 1.54) is 11.1 Å². The molecule has 0 nitrogen and oxygen atoms in total. The first kappa shape index (κ1) is 5.93. The molecule has 0 aliphatic heterocycles. The van der Waals surface area contributed by atoms with Crippen LogP contribution in [0.4, 0.5) is 0 Å². The van der Waals surface area contributed by atoms with Crippen molar-refractivity contribution in [1.82, 2.24) is 0 Å². The lowest BCUT2D eigenvalue weighted by atomic mass is 10.1. The summed E-state index contributed by atoms with van der Waals surface area (Å²) in [6, 6.07) is 8.30. The summed E-state index contributed by atoms with van der Waals surface area (Å²) < 4.78 is 0. The molecule has 10 heavy (non-hydrogen) atoms. The maximum atomic E-state index is 5.12. The fourth-order valence-corrected chi connectivity index (χ4v) is 1.53. The molecule has 0 atom stereocenters. The van der Waals surface area contributed by atoms with Crippen molar-refractivity contribution in [2.75, 3.05) is 0 Å². The third-order valence-corrected chi connectivity index (χ3v) is 2.18. The maximum Gasteiger partial charge on any atom is 0.0415 e. The van der Waals surface area contributed by atoms with Gasteiger partial charge in [-0.1, -0.05) is 43.0 Å². The Morgan fingerprint density at radius 3 is 2.80 bits per heavy atom. The average molecular weight is 147 g/mol. The number of hydrogen-bond acceptors (Lipinski definition) is 0. The first-order valence-electron chi connectivity index (χ1n) is 3.33. The molecule has 49 valence electrons. The normalized spacial score (nSPS) is 14.6. The molecule has 0 saturated carbocycles. The van der Waals surface area contributed by atoms with Gasteiger partial charge >= 0.3 is 0 Å². The van der Waals surface area contributed by atoms with Crippen LogP contribution in [0.2, 0.25) is 0 Å². The van der Waals surface area contributed by atoms with E-state index in [0.717, 1.165) is 11.3 Å². The van der Waals surface area contributed by atoms with Crippen LogP contribution in [-0.2, 0) is 6.42 Å². The van der Waals surface area contributed by atoms with Crippen molar-refractivity contribution < 1.29 is 0 Å². The molecule has 1 aliphatic rings. The number of fused-ring (bicyclic) bond motifs is 1. The van der Waals surface area contributed by atoms with E-state index in [1.54, 1.807) is 0 Å². The lowest BCUT2D eigenvalue weighted by Gasteiger charge is -1.96. The lowest BCUT2D eigenvalue weighted by molar-refractivity contribution is 1.31. The predicted molar refractivity (Wildman–Crippen MR) is 45.7 cm³/mol. The highest BCUT2D eigenvalue weighted by atomic mass is 32.1.